The fourth-order valence-corrected chi connectivity index (χ4v) is 3.47. The van der Waals surface area contributed by atoms with Crippen molar-refractivity contribution in [3.05, 3.63) is 71.8 Å². The summed E-state index contributed by atoms with van der Waals surface area (Å²) >= 11 is 0. The van der Waals surface area contributed by atoms with Crippen molar-refractivity contribution in [2.24, 2.45) is 5.41 Å². The van der Waals surface area contributed by atoms with Crippen LogP contribution in [-0.2, 0) is 12.8 Å². The van der Waals surface area contributed by atoms with Crippen molar-refractivity contribution in [3.63, 3.8) is 0 Å². The summed E-state index contributed by atoms with van der Waals surface area (Å²) in [6, 6.07) is 14.7. The molecule has 3 nitrogen and oxygen atoms in total. The summed E-state index contributed by atoms with van der Waals surface area (Å²) in [6.07, 6.45) is 4.90. The quantitative estimate of drug-likeness (QED) is 0.676. The second-order valence-corrected chi connectivity index (χ2v) is 7.68. The van der Waals surface area contributed by atoms with Crippen molar-refractivity contribution in [1.29, 1.82) is 0 Å². The number of benzene rings is 1. The number of aryl methyl sites for hydroxylation is 1. The van der Waals surface area contributed by atoms with Gasteiger partial charge in [0.1, 0.15) is 11.6 Å². The fraction of sp³-hybridized carbons (Fsp3) is 0.273. The number of hydrogen-bond acceptors (Lipinski definition) is 3. The van der Waals surface area contributed by atoms with E-state index < -0.39 is 0 Å². The summed E-state index contributed by atoms with van der Waals surface area (Å²) in [5, 5.41) is 3.23. The predicted molar refractivity (Wildman–Crippen MR) is 103 cm³/mol. The number of pyridine rings is 2. The lowest BCUT2D eigenvalue weighted by molar-refractivity contribution is 0.311. The Bertz CT molecular complexity index is 935. The zero-order valence-corrected chi connectivity index (χ0v) is 15.1. The highest BCUT2D eigenvalue weighted by molar-refractivity contribution is 5.66. The summed E-state index contributed by atoms with van der Waals surface area (Å²) in [6.45, 7) is 4.56. The van der Waals surface area contributed by atoms with Crippen LogP contribution in [0.5, 0.6) is 0 Å². The van der Waals surface area contributed by atoms with E-state index in [2.05, 4.69) is 30.2 Å². The van der Waals surface area contributed by atoms with E-state index in [0.717, 1.165) is 24.4 Å². The van der Waals surface area contributed by atoms with E-state index in [1.54, 1.807) is 18.3 Å². The normalized spacial score (nSPS) is 15.3. The summed E-state index contributed by atoms with van der Waals surface area (Å²) < 4.78 is 14.5. The number of nitrogens with one attached hydrogen (secondary N) is 1. The third-order valence-electron chi connectivity index (χ3n) is 4.97. The highest BCUT2D eigenvalue weighted by Gasteiger charge is 2.26. The molecule has 1 aromatic carbocycles. The first-order valence-corrected chi connectivity index (χ1v) is 8.97. The molecule has 0 radical (unpaired) electrons. The highest BCUT2D eigenvalue weighted by Crippen LogP contribution is 2.34. The zero-order chi connectivity index (χ0) is 18.1. The van der Waals surface area contributed by atoms with Gasteiger partial charge in [-0.3, -0.25) is 4.98 Å². The molecule has 0 spiro atoms. The van der Waals surface area contributed by atoms with Crippen LogP contribution in [0, 0.1) is 11.2 Å². The van der Waals surface area contributed by atoms with Crippen LogP contribution in [0.15, 0.2) is 54.7 Å². The maximum atomic E-state index is 14.5. The van der Waals surface area contributed by atoms with Crippen molar-refractivity contribution in [1.82, 2.24) is 9.97 Å². The van der Waals surface area contributed by atoms with Gasteiger partial charge < -0.3 is 5.32 Å². The number of aromatic nitrogens is 2. The Morgan fingerprint density at radius 1 is 1.08 bits per heavy atom. The van der Waals surface area contributed by atoms with Gasteiger partial charge in [0, 0.05) is 23.1 Å². The molecule has 2 heterocycles. The van der Waals surface area contributed by atoms with Gasteiger partial charge in [0.15, 0.2) is 0 Å². The largest absolute Gasteiger partial charge is 0.340 e. The topological polar surface area (TPSA) is 37.8 Å². The summed E-state index contributed by atoms with van der Waals surface area (Å²) in [7, 11) is 0. The second-order valence-electron chi connectivity index (χ2n) is 7.68. The Labute approximate surface area is 153 Å². The van der Waals surface area contributed by atoms with Crippen molar-refractivity contribution >= 4 is 11.5 Å². The van der Waals surface area contributed by atoms with Gasteiger partial charge in [0.2, 0.25) is 0 Å². The molecule has 1 aliphatic carbocycles. The molecule has 4 heteroatoms. The van der Waals surface area contributed by atoms with Crippen LogP contribution < -0.4 is 5.32 Å². The maximum Gasteiger partial charge on any atom is 0.134 e. The summed E-state index contributed by atoms with van der Waals surface area (Å²) in [5.74, 6) is 0.458. The van der Waals surface area contributed by atoms with Crippen LogP contribution in [0.25, 0.3) is 11.3 Å². The molecule has 1 N–H and O–H groups in total. The first-order valence-electron chi connectivity index (χ1n) is 8.97. The van der Waals surface area contributed by atoms with Crippen molar-refractivity contribution in [3.8, 4) is 11.3 Å². The summed E-state index contributed by atoms with van der Waals surface area (Å²) in [4.78, 5) is 8.98. The average Bonchev–Trinajstić information content (AvgIpc) is 2.61. The molecule has 0 saturated carbocycles. The molecule has 4 rings (SSSR count). The number of rotatable bonds is 3. The molecule has 0 fully saturated rings. The van der Waals surface area contributed by atoms with Crippen molar-refractivity contribution < 1.29 is 4.39 Å². The predicted octanol–water partition coefficient (Wildman–Crippen LogP) is 5.54. The first-order chi connectivity index (χ1) is 12.5. The van der Waals surface area contributed by atoms with Gasteiger partial charge in [-0.25, -0.2) is 9.37 Å². The van der Waals surface area contributed by atoms with Gasteiger partial charge in [-0.15, -0.1) is 0 Å². The number of anilines is 2. The minimum atomic E-state index is -0.298. The smallest absolute Gasteiger partial charge is 0.134 e. The minimum Gasteiger partial charge on any atom is -0.340 e. The van der Waals surface area contributed by atoms with Gasteiger partial charge in [-0.1, -0.05) is 26.0 Å². The number of nitrogens with zero attached hydrogens (tertiary/aromatic N) is 2. The first kappa shape index (κ1) is 16.7. The van der Waals surface area contributed by atoms with Gasteiger partial charge in [0.05, 0.1) is 5.69 Å². The highest BCUT2D eigenvalue weighted by atomic mass is 19.1. The van der Waals surface area contributed by atoms with Crippen molar-refractivity contribution in [2.75, 3.05) is 5.32 Å². The third kappa shape index (κ3) is 3.45. The maximum absolute atomic E-state index is 14.5. The van der Waals surface area contributed by atoms with Gasteiger partial charge in [-0.05, 0) is 66.6 Å². The van der Waals surface area contributed by atoms with E-state index in [1.165, 1.54) is 18.1 Å². The average molecular weight is 347 g/mol. The van der Waals surface area contributed by atoms with Gasteiger partial charge in [-0.2, -0.15) is 0 Å². The van der Waals surface area contributed by atoms with Gasteiger partial charge >= 0.3 is 0 Å². The molecule has 132 valence electrons. The van der Waals surface area contributed by atoms with Crippen LogP contribution in [0.2, 0.25) is 0 Å². The Balaban J connectivity index is 1.58. The molecule has 0 aliphatic heterocycles. The standard InChI is InChI=1S/C22H22FN3/c1-22(2)11-10-15-6-9-21(26-20(15)14-22)25-16-7-8-17(18(23)13-16)19-5-3-4-12-24-19/h3-9,12-13H,10-11,14H2,1-2H3,(H,25,26). The molecule has 0 atom stereocenters. The van der Waals surface area contributed by atoms with E-state index in [9.17, 15) is 4.39 Å². The molecule has 0 amide bonds. The van der Waals surface area contributed by atoms with E-state index in [-0.39, 0.29) is 11.2 Å². The van der Waals surface area contributed by atoms with Crippen LogP contribution in [-0.4, -0.2) is 9.97 Å². The molecule has 1 aliphatic rings. The molecule has 3 aromatic rings. The van der Waals surface area contributed by atoms with Crippen molar-refractivity contribution in [2.45, 2.75) is 33.1 Å². The summed E-state index contributed by atoms with van der Waals surface area (Å²) in [5.41, 5.74) is 4.57. The minimum absolute atomic E-state index is 0.287. The fourth-order valence-electron chi connectivity index (χ4n) is 3.47. The number of fused-ring (bicyclic) bond motifs is 1. The van der Waals surface area contributed by atoms with Crippen LogP contribution in [0.3, 0.4) is 0 Å². The molecule has 26 heavy (non-hydrogen) atoms. The second kappa shape index (κ2) is 6.52. The number of halogens is 1. The molecule has 2 aromatic heterocycles. The monoisotopic (exact) mass is 347 g/mol. The Morgan fingerprint density at radius 2 is 1.96 bits per heavy atom. The Kier molecular flexibility index (Phi) is 4.19. The zero-order valence-electron chi connectivity index (χ0n) is 15.1. The van der Waals surface area contributed by atoms with Crippen LogP contribution in [0.1, 0.15) is 31.5 Å². The molecular weight excluding hydrogens is 325 g/mol. The Hall–Kier alpha value is -2.75. The van der Waals surface area contributed by atoms with Gasteiger partial charge in [0.25, 0.3) is 0 Å². The SMILES string of the molecule is CC1(C)CCc2ccc(Nc3ccc(-c4ccccn4)c(F)c3)nc2C1. The Morgan fingerprint density at radius 3 is 2.73 bits per heavy atom. The molecular formula is C22H22FN3. The van der Waals surface area contributed by atoms with E-state index in [0.29, 0.717) is 16.9 Å². The molecule has 0 unspecified atom stereocenters. The molecule has 0 bridgehead atoms. The lowest BCUT2D eigenvalue weighted by Gasteiger charge is -2.30. The lowest BCUT2D eigenvalue weighted by Crippen LogP contribution is -2.23. The lowest BCUT2D eigenvalue weighted by atomic mass is 9.76. The van der Waals surface area contributed by atoms with Crippen LogP contribution in [0.4, 0.5) is 15.9 Å². The van der Waals surface area contributed by atoms with E-state index in [4.69, 9.17) is 4.98 Å². The van der Waals surface area contributed by atoms with E-state index >= 15 is 0 Å². The third-order valence-corrected chi connectivity index (χ3v) is 4.97. The van der Waals surface area contributed by atoms with Crippen LogP contribution >= 0.6 is 0 Å². The molecule has 0 saturated heterocycles. The number of hydrogen-bond donors (Lipinski definition) is 1. The van der Waals surface area contributed by atoms with E-state index in [1.807, 2.05) is 24.3 Å².